The van der Waals surface area contributed by atoms with Crippen LogP contribution in [0.1, 0.15) is 43.0 Å². The first-order valence-electron chi connectivity index (χ1n) is 7.64. The molecular weight excluding hydrogens is 260 g/mol. The summed E-state index contributed by atoms with van der Waals surface area (Å²) in [6.45, 7) is 2.67. The predicted molar refractivity (Wildman–Crippen MR) is 86.3 cm³/mol. The van der Waals surface area contributed by atoms with Crippen molar-refractivity contribution >= 4 is 5.97 Å². The van der Waals surface area contributed by atoms with Gasteiger partial charge in [-0.05, 0) is 23.6 Å². The molecule has 0 saturated carbocycles. The molecule has 0 aliphatic rings. The molecule has 110 valence electrons. The fourth-order valence-electron chi connectivity index (χ4n) is 2.30. The lowest BCUT2D eigenvalue weighted by Gasteiger charge is -2.09. The van der Waals surface area contributed by atoms with Gasteiger partial charge in [-0.25, -0.2) is 4.79 Å². The maximum atomic E-state index is 12.2. The Kier molecular flexibility index (Phi) is 6.01. The smallest absolute Gasteiger partial charge is 0.338 e. The molecule has 0 amide bonds. The van der Waals surface area contributed by atoms with Gasteiger partial charge in [0.1, 0.15) is 0 Å². The van der Waals surface area contributed by atoms with E-state index in [0.717, 1.165) is 24.0 Å². The molecule has 0 spiro atoms. The number of hydrogen-bond acceptors (Lipinski definition) is 2. The van der Waals surface area contributed by atoms with Gasteiger partial charge in [0.05, 0.1) is 12.2 Å². The van der Waals surface area contributed by atoms with E-state index in [9.17, 15) is 4.79 Å². The van der Waals surface area contributed by atoms with Crippen LogP contribution in [0.25, 0.3) is 11.1 Å². The van der Waals surface area contributed by atoms with Crippen molar-refractivity contribution < 1.29 is 9.53 Å². The third-order valence-electron chi connectivity index (χ3n) is 3.46. The number of rotatable bonds is 7. The van der Waals surface area contributed by atoms with Crippen LogP contribution in [0.5, 0.6) is 0 Å². The van der Waals surface area contributed by atoms with E-state index in [4.69, 9.17) is 4.74 Å². The molecule has 0 aliphatic carbocycles. The second-order valence-electron chi connectivity index (χ2n) is 5.11. The number of ether oxygens (including phenoxy) is 1. The normalized spacial score (nSPS) is 10.3. The van der Waals surface area contributed by atoms with Crippen LogP contribution in [0.15, 0.2) is 54.6 Å². The summed E-state index contributed by atoms with van der Waals surface area (Å²) >= 11 is 0. The highest BCUT2D eigenvalue weighted by molar-refractivity contribution is 5.97. The quantitative estimate of drug-likeness (QED) is 0.522. The molecule has 2 nitrogen and oxygen atoms in total. The lowest BCUT2D eigenvalue weighted by Crippen LogP contribution is -2.08. The Balaban J connectivity index is 2.04. The van der Waals surface area contributed by atoms with Crippen LogP contribution >= 0.6 is 0 Å². The lowest BCUT2D eigenvalue weighted by atomic mass is 10.00. The van der Waals surface area contributed by atoms with Gasteiger partial charge in [0.15, 0.2) is 0 Å². The average molecular weight is 282 g/mol. The number of carbonyl (C=O) groups excluding carboxylic acids is 1. The van der Waals surface area contributed by atoms with Gasteiger partial charge in [-0.1, -0.05) is 74.7 Å². The van der Waals surface area contributed by atoms with Crippen LogP contribution in [0.2, 0.25) is 0 Å². The van der Waals surface area contributed by atoms with Gasteiger partial charge < -0.3 is 4.74 Å². The van der Waals surface area contributed by atoms with Crippen molar-refractivity contribution in [3.05, 3.63) is 60.2 Å². The molecule has 0 N–H and O–H groups in total. The molecule has 2 rings (SSSR count). The van der Waals surface area contributed by atoms with E-state index < -0.39 is 0 Å². The summed E-state index contributed by atoms with van der Waals surface area (Å²) < 4.78 is 5.40. The Morgan fingerprint density at radius 3 is 2.38 bits per heavy atom. The first kappa shape index (κ1) is 15.3. The zero-order chi connectivity index (χ0) is 14.9. The van der Waals surface area contributed by atoms with Crippen LogP contribution in [0.3, 0.4) is 0 Å². The van der Waals surface area contributed by atoms with E-state index in [-0.39, 0.29) is 5.97 Å². The van der Waals surface area contributed by atoms with E-state index in [0.29, 0.717) is 12.2 Å². The Morgan fingerprint density at radius 1 is 0.905 bits per heavy atom. The largest absolute Gasteiger partial charge is 0.462 e. The van der Waals surface area contributed by atoms with Gasteiger partial charge in [-0.2, -0.15) is 0 Å². The summed E-state index contributed by atoms with van der Waals surface area (Å²) in [5.74, 6) is -0.231. The Hall–Kier alpha value is -2.09. The standard InChI is InChI=1S/C19H22O2/c1-2-3-4-10-15-21-19(20)18-14-9-8-13-17(18)16-11-6-5-7-12-16/h5-9,11-14H,2-4,10,15H2,1H3. The van der Waals surface area contributed by atoms with E-state index in [1.807, 2.05) is 54.6 Å². The van der Waals surface area contributed by atoms with E-state index in [1.165, 1.54) is 12.8 Å². The fraction of sp³-hybridized carbons (Fsp3) is 0.316. The molecule has 0 fully saturated rings. The summed E-state index contributed by atoms with van der Waals surface area (Å²) in [5.41, 5.74) is 2.60. The lowest BCUT2D eigenvalue weighted by molar-refractivity contribution is 0.0499. The molecule has 0 heterocycles. The SMILES string of the molecule is CCCCCCOC(=O)c1ccccc1-c1ccccc1. The molecule has 0 radical (unpaired) electrons. The monoisotopic (exact) mass is 282 g/mol. The third kappa shape index (κ3) is 4.45. The van der Waals surface area contributed by atoms with Gasteiger partial charge in [0.25, 0.3) is 0 Å². The van der Waals surface area contributed by atoms with Crippen LogP contribution < -0.4 is 0 Å². The zero-order valence-electron chi connectivity index (χ0n) is 12.5. The van der Waals surface area contributed by atoms with Crippen LogP contribution in [-0.4, -0.2) is 12.6 Å². The highest BCUT2D eigenvalue weighted by atomic mass is 16.5. The Labute approximate surface area is 126 Å². The summed E-state index contributed by atoms with van der Waals surface area (Å²) in [5, 5.41) is 0. The molecule has 2 aromatic rings. The van der Waals surface area contributed by atoms with Crippen molar-refractivity contribution in [2.24, 2.45) is 0 Å². The first-order valence-corrected chi connectivity index (χ1v) is 7.64. The topological polar surface area (TPSA) is 26.3 Å². The Bertz CT molecular complexity index is 561. The predicted octanol–water partition coefficient (Wildman–Crippen LogP) is 5.09. The van der Waals surface area contributed by atoms with Gasteiger partial charge in [0.2, 0.25) is 0 Å². The minimum Gasteiger partial charge on any atom is -0.462 e. The number of unbranched alkanes of at least 4 members (excludes halogenated alkanes) is 3. The first-order chi connectivity index (χ1) is 10.3. The number of benzene rings is 2. The van der Waals surface area contributed by atoms with Gasteiger partial charge in [-0.3, -0.25) is 0 Å². The Morgan fingerprint density at radius 2 is 1.62 bits per heavy atom. The third-order valence-corrected chi connectivity index (χ3v) is 3.46. The second kappa shape index (κ2) is 8.25. The highest BCUT2D eigenvalue weighted by Crippen LogP contribution is 2.24. The van der Waals surface area contributed by atoms with Gasteiger partial charge >= 0.3 is 5.97 Å². The van der Waals surface area contributed by atoms with E-state index >= 15 is 0 Å². The molecule has 21 heavy (non-hydrogen) atoms. The van der Waals surface area contributed by atoms with Gasteiger partial charge in [0, 0.05) is 0 Å². The molecule has 2 aromatic carbocycles. The van der Waals surface area contributed by atoms with Crippen LogP contribution in [0, 0.1) is 0 Å². The summed E-state index contributed by atoms with van der Waals surface area (Å²) in [6, 6.07) is 17.5. The molecule has 0 aliphatic heterocycles. The van der Waals surface area contributed by atoms with Crippen molar-refractivity contribution in [2.75, 3.05) is 6.61 Å². The average Bonchev–Trinajstić information content (AvgIpc) is 2.55. The minimum atomic E-state index is -0.231. The maximum Gasteiger partial charge on any atom is 0.338 e. The van der Waals surface area contributed by atoms with E-state index in [1.54, 1.807) is 0 Å². The van der Waals surface area contributed by atoms with Gasteiger partial charge in [-0.15, -0.1) is 0 Å². The van der Waals surface area contributed by atoms with Crippen molar-refractivity contribution in [2.45, 2.75) is 32.6 Å². The van der Waals surface area contributed by atoms with Crippen molar-refractivity contribution in [3.63, 3.8) is 0 Å². The molecule has 2 heteroatoms. The summed E-state index contributed by atoms with van der Waals surface area (Å²) in [4.78, 5) is 12.2. The van der Waals surface area contributed by atoms with Crippen molar-refractivity contribution in [1.29, 1.82) is 0 Å². The van der Waals surface area contributed by atoms with Crippen molar-refractivity contribution in [1.82, 2.24) is 0 Å². The minimum absolute atomic E-state index is 0.231. The molecule has 0 unspecified atom stereocenters. The molecular formula is C19H22O2. The van der Waals surface area contributed by atoms with Crippen LogP contribution in [-0.2, 0) is 4.74 Å². The molecule has 0 aromatic heterocycles. The van der Waals surface area contributed by atoms with Crippen LogP contribution in [0.4, 0.5) is 0 Å². The zero-order valence-corrected chi connectivity index (χ0v) is 12.5. The maximum absolute atomic E-state index is 12.2. The molecule has 0 atom stereocenters. The number of hydrogen-bond donors (Lipinski definition) is 0. The summed E-state index contributed by atoms with van der Waals surface area (Å²) in [7, 11) is 0. The van der Waals surface area contributed by atoms with Crippen molar-refractivity contribution in [3.8, 4) is 11.1 Å². The highest BCUT2D eigenvalue weighted by Gasteiger charge is 2.13. The van der Waals surface area contributed by atoms with E-state index in [2.05, 4.69) is 6.92 Å². The summed E-state index contributed by atoms with van der Waals surface area (Å²) in [6.07, 6.45) is 4.43. The molecule has 0 saturated heterocycles. The number of carbonyl (C=O) groups is 1. The fourth-order valence-corrected chi connectivity index (χ4v) is 2.30. The number of esters is 1. The second-order valence-corrected chi connectivity index (χ2v) is 5.11. The molecule has 0 bridgehead atoms.